The summed E-state index contributed by atoms with van der Waals surface area (Å²) in [4.78, 5) is 15.8. The Kier molecular flexibility index (Phi) is 7.65. The van der Waals surface area contributed by atoms with Gasteiger partial charge in [0.2, 0.25) is 5.88 Å². The van der Waals surface area contributed by atoms with E-state index in [2.05, 4.69) is 15.8 Å². The zero-order chi connectivity index (χ0) is 20.5. The molecule has 5 heteroatoms. The summed E-state index contributed by atoms with van der Waals surface area (Å²) >= 11 is 6.03. The highest BCUT2D eigenvalue weighted by Crippen LogP contribution is 2.29. The van der Waals surface area contributed by atoms with Crippen LogP contribution in [-0.2, 0) is 9.53 Å². The number of hydrogen-bond acceptors (Lipinski definition) is 4. The fraction of sp³-hybridized carbons (Fsp3) is 0.250. The van der Waals surface area contributed by atoms with Gasteiger partial charge in [0, 0.05) is 23.1 Å². The average Bonchev–Trinajstić information content (AvgIpc) is 2.77. The SMILES string of the molecule is COC(=O)CCCCCOc1cc(-c2ccc(Cl)cc2)cc(-c2ccccc2)n1. The number of carbonyl (C=O) groups excluding carboxylic acids is 1. The highest BCUT2D eigenvalue weighted by atomic mass is 35.5. The first-order chi connectivity index (χ1) is 14.2. The van der Waals surface area contributed by atoms with Gasteiger partial charge in [-0.1, -0.05) is 54.1 Å². The van der Waals surface area contributed by atoms with Crippen molar-refractivity contribution in [1.82, 2.24) is 4.98 Å². The highest BCUT2D eigenvalue weighted by molar-refractivity contribution is 6.30. The number of aromatic nitrogens is 1. The molecule has 0 aliphatic heterocycles. The molecular weight excluding hydrogens is 386 g/mol. The van der Waals surface area contributed by atoms with Crippen molar-refractivity contribution in [3.05, 3.63) is 71.8 Å². The predicted molar refractivity (Wildman–Crippen MR) is 116 cm³/mol. The third-order valence-electron chi connectivity index (χ3n) is 4.55. The van der Waals surface area contributed by atoms with Crippen molar-refractivity contribution >= 4 is 17.6 Å². The molecular formula is C24H24ClNO3. The van der Waals surface area contributed by atoms with Crippen LogP contribution in [0.15, 0.2) is 66.7 Å². The van der Waals surface area contributed by atoms with E-state index >= 15 is 0 Å². The Labute approximate surface area is 176 Å². The number of rotatable bonds is 9. The van der Waals surface area contributed by atoms with Gasteiger partial charge in [-0.2, -0.15) is 0 Å². The molecule has 0 saturated carbocycles. The maximum absolute atomic E-state index is 11.2. The number of hydrogen-bond donors (Lipinski definition) is 0. The van der Waals surface area contributed by atoms with E-state index in [-0.39, 0.29) is 5.97 Å². The molecule has 2 aromatic carbocycles. The van der Waals surface area contributed by atoms with Crippen LogP contribution in [0.4, 0.5) is 0 Å². The third-order valence-corrected chi connectivity index (χ3v) is 4.80. The van der Waals surface area contributed by atoms with E-state index in [1.54, 1.807) is 0 Å². The minimum atomic E-state index is -0.171. The second-order valence-corrected chi connectivity index (χ2v) is 7.12. The van der Waals surface area contributed by atoms with Gasteiger partial charge in [-0.25, -0.2) is 4.98 Å². The van der Waals surface area contributed by atoms with Crippen LogP contribution < -0.4 is 4.74 Å². The summed E-state index contributed by atoms with van der Waals surface area (Å²) in [5.74, 6) is 0.417. The molecule has 3 aromatic rings. The minimum Gasteiger partial charge on any atom is -0.478 e. The molecule has 0 aliphatic carbocycles. The molecule has 29 heavy (non-hydrogen) atoms. The molecule has 0 unspecified atom stereocenters. The number of pyridine rings is 1. The highest BCUT2D eigenvalue weighted by Gasteiger charge is 2.08. The molecule has 0 N–H and O–H groups in total. The molecule has 0 spiro atoms. The van der Waals surface area contributed by atoms with Gasteiger partial charge < -0.3 is 9.47 Å². The first kappa shape index (κ1) is 20.9. The Bertz CT molecular complexity index is 927. The number of nitrogens with zero attached hydrogens (tertiary/aromatic N) is 1. The van der Waals surface area contributed by atoms with E-state index in [9.17, 15) is 4.79 Å². The van der Waals surface area contributed by atoms with Gasteiger partial charge in [-0.05, 0) is 48.6 Å². The summed E-state index contributed by atoms with van der Waals surface area (Å²) in [7, 11) is 1.41. The predicted octanol–water partition coefficient (Wildman–Crippen LogP) is 6.18. The fourth-order valence-electron chi connectivity index (χ4n) is 2.97. The maximum Gasteiger partial charge on any atom is 0.305 e. The lowest BCUT2D eigenvalue weighted by Gasteiger charge is -2.11. The van der Waals surface area contributed by atoms with Crippen LogP contribution >= 0.6 is 11.6 Å². The summed E-state index contributed by atoms with van der Waals surface area (Å²) in [6, 6.07) is 21.8. The van der Waals surface area contributed by atoms with Crippen LogP contribution in [0.5, 0.6) is 5.88 Å². The lowest BCUT2D eigenvalue weighted by molar-refractivity contribution is -0.140. The Morgan fingerprint density at radius 3 is 2.38 bits per heavy atom. The third kappa shape index (κ3) is 6.33. The van der Waals surface area contributed by atoms with Crippen LogP contribution in [0.1, 0.15) is 25.7 Å². The lowest BCUT2D eigenvalue weighted by atomic mass is 10.0. The number of unbranched alkanes of at least 4 members (excludes halogenated alkanes) is 2. The fourth-order valence-corrected chi connectivity index (χ4v) is 3.10. The Hall–Kier alpha value is -2.85. The molecule has 150 valence electrons. The van der Waals surface area contributed by atoms with Crippen LogP contribution in [0.25, 0.3) is 22.4 Å². The van der Waals surface area contributed by atoms with Crippen LogP contribution in [0.2, 0.25) is 5.02 Å². The molecule has 1 aromatic heterocycles. The largest absolute Gasteiger partial charge is 0.478 e. The van der Waals surface area contributed by atoms with Crippen LogP contribution in [0.3, 0.4) is 0 Å². The van der Waals surface area contributed by atoms with Gasteiger partial charge in [0.1, 0.15) is 0 Å². The van der Waals surface area contributed by atoms with Gasteiger partial charge in [-0.3, -0.25) is 4.79 Å². The molecule has 0 bridgehead atoms. The van der Waals surface area contributed by atoms with Gasteiger partial charge in [0.05, 0.1) is 19.4 Å². The van der Waals surface area contributed by atoms with E-state index < -0.39 is 0 Å². The normalized spacial score (nSPS) is 10.6. The average molecular weight is 410 g/mol. The summed E-state index contributed by atoms with van der Waals surface area (Å²) < 4.78 is 10.6. The van der Waals surface area contributed by atoms with Crippen molar-refractivity contribution in [3.63, 3.8) is 0 Å². The van der Waals surface area contributed by atoms with Crippen molar-refractivity contribution in [2.45, 2.75) is 25.7 Å². The van der Waals surface area contributed by atoms with Gasteiger partial charge >= 0.3 is 5.97 Å². The monoisotopic (exact) mass is 409 g/mol. The van der Waals surface area contributed by atoms with Crippen LogP contribution in [-0.4, -0.2) is 24.7 Å². The molecule has 0 radical (unpaired) electrons. The standard InChI is InChI=1S/C24H24ClNO3/c1-28-24(27)10-6-3-7-15-29-23-17-20(18-11-13-21(25)14-12-18)16-22(26-23)19-8-4-2-5-9-19/h2,4-5,8-9,11-14,16-17H,3,6-7,10,15H2,1H3. The molecule has 3 rings (SSSR count). The Morgan fingerprint density at radius 1 is 0.897 bits per heavy atom. The zero-order valence-corrected chi connectivity index (χ0v) is 17.2. The van der Waals surface area contributed by atoms with E-state index in [1.807, 2.05) is 60.7 Å². The van der Waals surface area contributed by atoms with Crippen molar-refractivity contribution in [1.29, 1.82) is 0 Å². The summed E-state index contributed by atoms with van der Waals surface area (Å²) in [6.45, 7) is 0.548. The number of esters is 1. The Balaban J connectivity index is 1.73. The molecule has 1 heterocycles. The smallest absolute Gasteiger partial charge is 0.305 e. The second kappa shape index (κ2) is 10.6. The topological polar surface area (TPSA) is 48.4 Å². The second-order valence-electron chi connectivity index (χ2n) is 6.69. The number of carbonyl (C=O) groups is 1. The maximum atomic E-state index is 11.2. The van der Waals surface area contributed by atoms with Gasteiger partial charge in [-0.15, -0.1) is 0 Å². The first-order valence-corrected chi connectivity index (χ1v) is 10.1. The van der Waals surface area contributed by atoms with Crippen molar-refractivity contribution in [2.24, 2.45) is 0 Å². The molecule has 0 amide bonds. The zero-order valence-electron chi connectivity index (χ0n) is 16.4. The molecule has 4 nitrogen and oxygen atoms in total. The first-order valence-electron chi connectivity index (χ1n) is 9.69. The molecule has 0 saturated heterocycles. The quantitative estimate of drug-likeness (QED) is 0.312. The number of ether oxygens (including phenoxy) is 2. The number of benzene rings is 2. The van der Waals surface area contributed by atoms with Crippen molar-refractivity contribution < 1.29 is 14.3 Å². The summed E-state index contributed by atoms with van der Waals surface area (Å²) in [5.41, 5.74) is 3.97. The van der Waals surface area contributed by atoms with Crippen molar-refractivity contribution in [2.75, 3.05) is 13.7 Å². The molecule has 0 atom stereocenters. The van der Waals surface area contributed by atoms with E-state index in [4.69, 9.17) is 16.3 Å². The van der Waals surface area contributed by atoms with E-state index in [0.717, 1.165) is 41.6 Å². The number of methoxy groups -OCH3 is 1. The Morgan fingerprint density at radius 2 is 1.66 bits per heavy atom. The number of halogens is 1. The molecule has 0 aliphatic rings. The van der Waals surface area contributed by atoms with Crippen LogP contribution in [0, 0.1) is 0 Å². The van der Waals surface area contributed by atoms with Crippen molar-refractivity contribution in [3.8, 4) is 28.3 Å². The lowest BCUT2D eigenvalue weighted by Crippen LogP contribution is -2.02. The van der Waals surface area contributed by atoms with E-state index in [0.29, 0.717) is 23.9 Å². The van der Waals surface area contributed by atoms with Gasteiger partial charge in [0.25, 0.3) is 0 Å². The van der Waals surface area contributed by atoms with E-state index in [1.165, 1.54) is 7.11 Å². The minimum absolute atomic E-state index is 0.171. The molecule has 0 fully saturated rings. The summed E-state index contributed by atoms with van der Waals surface area (Å²) in [6.07, 6.45) is 2.99. The summed E-state index contributed by atoms with van der Waals surface area (Å²) in [5, 5.41) is 0.703. The van der Waals surface area contributed by atoms with Gasteiger partial charge in [0.15, 0.2) is 0 Å².